The van der Waals surface area contributed by atoms with Crippen molar-refractivity contribution in [2.75, 3.05) is 26.8 Å². The molecule has 7 heteroatoms. The lowest BCUT2D eigenvalue weighted by Crippen LogP contribution is -2.21. The first-order chi connectivity index (χ1) is 10.2. The van der Waals surface area contributed by atoms with Gasteiger partial charge in [0.1, 0.15) is 21.6 Å². The van der Waals surface area contributed by atoms with Crippen LogP contribution in [0.3, 0.4) is 0 Å². The van der Waals surface area contributed by atoms with Crippen molar-refractivity contribution in [2.45, 2.75) is 12.8 Å². The Kier molecular flexibility index (Phi) is 6.16. The van der Waals surface area contributed by atoms with E-state index in [1.54, 1.807) is 7.11 Å². The molecule has 0 fully saturated rings. The highest BCUT2D eigenvalue weighted by Crippen LogP contribution is 2.19. The maximum Gasteiger partial charge on any atom is 0.129 e. The summed E-state index contributed by atoms with van der Waals surface area (Å²) >= 11 is 1.38. The van der Waals surface area contributed by atoms with Gasteiger partial charge in [0, 0.05) is 38.6 Å². The van der Waals surface area contributed by atoms with Crippen LogP contribution in [0.2, 0.25) is 0 Å². The van der Waals surface area contributed by atoms with Gasteiger partial charge in [0.25, 0.3) is 0 Å². The molecule has 0 bridgehead atoms. The van der Waals surface area contributed by atoms with E-state index in [2.05, 4.69) is 15.5 Å². The zero-order valence-electron chi connectivity index (χ0n) is 11.7. The van der Waals surface area contributed by atoms with E-state index in [-0.39, 0.29) is 12.0 Å². The first kappa shape index (κ1) is 15.9. The average molecular weight is 313 g/mol. The summed E-state index contributed by atoms with van der Waals surface area (Å²) in [6, 6.07) is 3.85. The van der Waals surface area contributed by atoms with Gasteiger partial charge in [-0.1, -0.05) is 6.07 Å². The van der Waals surface area contributed by atoms with Gasteiger partial charge in [0.15, 0.2) is 0 Å². The Morgan fingerprint density at radius 3 is 2.57 bits per heavy atom. The highest BCUT2D eigenvalue weighted by atomic mass is 32.1. The average Bonchev–Trinajstić information content (AvgIpc) is 2.91. The van der Waals surface area contributed by atoms with Crippen LogP contribution in [0.1, 0.15) is 15.6 Å². The van der Waals surface area contributed by atoms with Crippen LogP contribution < -0.4 is 5.32 Å². The fraction of sp³-hybridized carbons (Fsp3) is 0.429. The Labute approximate surface area is 126 Å². The summed E-state index contributed by atoms with van der Waals surface area (Å²) in [5, 5.41) is 12.7. The van der Waals surface area contributed by atoms with Crippen molar-refractivity contribution in [3.63, 3.8) is 0 Å². The van der Waals surface area contributed by atoms with Crippen LogP contribution in [0, 0.1) is 11.6 Å². The van der Waals surface area contributed by atoms with Crippen LogP contribution >= 0.6 is 11.3 Å². The Morgan fingerprint density at radius 2 is 1.86 bits per heavy atom. The van der Waals surface area contributed by atoms with Gasteiger partial charge in [0.2, 0.25) is 0 Å². The molecule has 0 aliphatic rings. The van der Waals surface area contributed by atoms with E-state index in [1.807, 2.05) is 0 Å². The molecule has 2 rings (SSSR count). The molecule has 0 spiro atoms. The molecule has 1 N–H and O–H groups in total. The SMILES string of the molecule is COCCNCCc1nnc(Cc2c(F)cccc2F)s1. The van der Waals surface area contributed by atoms with E-state index >= 15 is 0 Å². The second-order valence-corrected chi connectivity index (χ2v) is 5.61. The predicted octanol–water partition coefficient (Wildman–Crippen LogP) is 2.19. The van der Waals surface area contributed by atoms with Crippen molar-refractivity contribution in [3.8, 4) is 0 Å². The fourth-order valence-corrected chi connectivity index (χ4v) is 2.66. The number of methoxy groups -OCH3 is 1. The van der Waals surface area contributed by atoms with Crippen molar-refractivity contribution in [1.82, 2.24) is 15.5 Å². The van der Waals surface area contributed by atoms with Gasteiger partial charge in [-0.3, -0.25) is 0 Å². The molecule has 1 heterocycles. The molecule has 0 radical (unpaired) electrons. The van der Waals surface area contributed by atoms with Gasteiger partial charge in [-0.15, -0.1) is 21.5 Å². The van der Waals surface area contributed by atoms with Crippen molar-refractivity contribution in [2.24, 2.45) is 0 Å². The van der Waals surface area contributed by atoms with Gasteiger partial charge >= 0.3 is 0 Å². The summed E-state index contributed by atoms with van der Waals surface area (Å²) in [6.45, 7) is 2.21. The predicted molar refractivity (Wildman–Crippen MR) is 77.5 cm³/mol. The Bertz CT molecular complexity index is 557. The number of hydrogen-bond donors (Lipinski definition) is 1. The smallest absolute Gasteiger partial charge is 0.129 e. The van der Waals surface area contributed by atoms with Gasteiger partial charge in [-0.25, -0.2) is 8.78 Å². The number of ether oxygens (including phenoxy) is 1. The molecule has 21 heavy (non-hydrogen) atoms. The molecule has 0 unspecified atom stereocenters. The molecule has 0 saturated carbocycles. The summed E-state index contributed by atoms with van der Waals surface area (Å²) < 4.78 is 32.0. The van der Waals surface area contributed by atoms with Crippen LogP contribution in [0.25, 0.3) is 0 Å². The Hall–Kier alpha value is -1.44. The molecule has 1 aromatic heterocycles. The van der Waals surface area contributed by atoms with Gasteiger partial charge in [-0.05, 0) is 12.1 Å². The standard InChI is InChI=1S/C14H17F2N3OS/c1-20-8-7-17-6-5-13-18-19-14(21-13)9-10-11(15)3-2-4-12(10)16/h2-4,17H,5-9H2,1H3. The molecular formula is C14H17F2N3OS. The number of rotatable bonds is 8. The minimum Gasteiger partial charge on any atom is -0.383 e. The highest BCUT2D eigenvalue weighted by molar-refractivity contribution is 7.11. The van der Waals surface area contributed by atoms with E-state index in [9.17, 15) is 8.78 Å². The lowest BCUT2D eigenvalue weighted by atomic mass is 10.1. The topological polar surface area (TPSA) is 47.0 Å². The Balaban J connectivity index is 1.88. The van der Waals surface area contributed by atoms with Gasteiger partial charge in [0.05, 0.1) is 6.61 Å². The summed E-state index contributed by atoms with van der Waals surface area (Å²) in [5.74, 6) is -1.10. The number of aromatic nitrogens is 2. The minimum atomic E-state index is -0.548. The van der Waals surface area contributed by atoms with Crippen molar-refractivity contribution in [1.29, 1.82) is 0 Å². The van der Waals surface area contributed by atoms with E-state index in [4.69, 9.17) is 4.74 Å². The molecule has 0 aliphatic heterocycles. The molecule has 114 valence electrons. The van der Waals surface area contributed by atoms with E-state index in [0.29, 0.717) is 11.6 Å². The van der Waals surface area contributed by atoms with Gasteiger partial charge < -0.3 is 10.1 Å². The van der Waals surface area contributed by atoms with E-state index < -0.39 is 11.6 Å². The van der Waals surface area contributed by atoms with Crippen LogP contribution in [-0.4, -0.2) is 37.0 Å². The molecule has 0 saturated heterocycles. The lowest BCUT2D eigenvalue weighted by Gasteiger charge is -2.01. The maximum atomic E-state index is 13.6. The number of benzene rings is 1. The molecule has 1 aromatic carbocycles. The number of nitrogens with one attached hydrogen (secondary N) is 1. The van der Waals surface area contributed by atoms with Crippen LogP contribution in [0.15, 0.2) is 18.2 Å². The minimum absolute atomic E-state index is 0.0402. The van der Waals surface area contributed by atoms with E-state index in [0.717, 1.165) is 24.5 Å². The first-order valence-electron chi connectivity index (χ1n) is 6.64. The van der Waals surface area contributed by atoms with Gasteiger partial charge in [-0.2, -0.15) is 0 Å². The van der Waals surface area contributed by atoms with Crippen LogP contribution in [0.5, 0.6) is 0 Å². The molecule has 2 aromatic rings. The zero-order valence-corrected chi connectivity index (χ0v) is 12.6. The summed E-state index contributed by atoms with van der Waals surface area (Å²) in [4.78, 5) is 0. The number of halogens is 2. The lowest BCUT2D eigenvalue weighted by molar-refractivity contribution is 0.199. The second kappa shape index (κ2) is 8.11. The van der Waals surface area contributed by atoms with E-state index in [1.165, 1.54) is 29.5 Å². The first-order valence-corrected chi connectivity index (χ1v) is 7.46. The quantitative estimate of drug-likeness (QED) is 0.759. The monoisotopic (exact) mass is 313 g/mol. The summed E-state index contributed by atoms with van der Waals surface area (Å²) in [7, 11) is 1.65. The largest absolute Gasteiger partial charge is 0.383 e. The fourth-order valence-electron chi connectivity index (χ4n) is 1.81. The summed E-state index contributed by atoms with van der Waals surface area (Å²) in [6.07, 6.45) is 0.869. The van der Waals surface area contributed by atoms with Crippen LogP contribution in [-0.2, 0) is 17.6 Å². The van der Waals surface area contributed by atoms with Crippen molar-refractivity contribution < 1.29 is 13.5 Å². The normalized spacial score (nSPS) is 11.0. The number of nitrogens with zero attached hydrogens (tertiary/aromatic N) is 2. The third-order valence-corrected chi connectivity index (χ3v) is 3.88. The van der Waals surface area contributed by atoms with Crippen LogP contribution in [0.4, 0.5) is 8.78 Å². The highest BCUT2D eigenvalue weighted by Gasteiger charge is 2.12. The Morgan fingerprint density at radius 1 is 1.14 bits per heavy atom. The molecule has 0 atom stereocenters. The molecule has 0 amide bonds. The third-order valence-electron chi connectivity index (χ3n) is 2.90. The maximum absolute atomic E-state index is 13.6. The molecule has 0 aliphatic carbocycles. The zero-order chi connectivity index (χ0) is 15.1. The third kappa shape index (κ3) is 4.80. The summed E-state index contributed by atoms with van der Waals surface area (Å²) in [5.41, 5.74) is 0.0402. The molecular weight excluding hydrogens is 296 g/mol. The second-order valence-electron chi connectivity index (χ2n) is 4.46. The van der Waals surface area contributed by atoms with Crippen molar-refractivity contribution in [3.05, 3.63) is 45.4 Å². The molecule has 4 nitrogen and oxygen atoms in total. The van der Waals surface area contributed by atoms with Crippen molar-refractivity contribution >= 4 is 11.3 Å². The number of hydrogen-bond acceptors (Lipinski definition) is 5.